The summed E-state index contributed by atoms with van der Waals surface area (Å²) < 4.78 is 5.35. The number of methoxy groups -OCH3 is 1. The van der Waals surface area contributed by atoms with E-state index in [-0.39, 0.29) is 12.5 Å². The van der Waals surface area contributed by atoms with E-state index in [2.05, 4.69) is 5.48 Å². The summed E-state index contributed by atoms with van der Waals surface area (Å²) in [6, 6.07) is 11.9. The summed E-state index contributed by atoms with van der Waals surface area (Å²) in [5, 5.41) is 2.15. The molecule has 1 amide bonds. The van der Waals surface area contributed by atoms with Crippen molar-refractivity contribution >= 4 is 16.7 Å². The molecule has 0 aliphatic rings. The topological polar surface area (TPSA) is 47.6 Å². The molecular weight excluding hydrogens is 254 g/mol. The molecule has 104 valence electrons. The number of hydroxylamine groups is 1. The number of fused-ring (bicyclic) bond motifs is 1. The predicted molar refractivity (Wildman–Crippen MR) is 78.2 cm³/mol. The summed E-state index contributed by atoms with van der Waals surface area (Å²) in [6.45, 7) is 2.02. The molecule has 0 spiro atoms. The first kappa shape index (κ1) is 14.1. The fourth-order valence-electron chi connectivity index (χ4n) is 2.02. The van der Waals surface area contributed by atoms with E-state index in [0.717, 1.165) is 22.1 Å². The quantitative estimate of drug-likeness (QED) is 0.672. The van der Waals surface area contributed by atoms with Gasteiger partial charge >= 0.3 is 0 Å². The van der Waals surface area contributed by atoms with Gasteiger partial charge in [-0.3, -0.25) is 9.63 Å². The van der Waals surface area contributed by atoms with Gasteiger partial charge in [-0.25, -0.2) is 5.48 Å². The molecule has 2 aromatic carbocycles. The predicted octanol–water partition coefficient (Wildman–Crippen LogP) is 2.97. The van der Waals surface area contributed by atoms with Crippen LogP contribution in [0.15, 0.2) is 48.6 Å². The third kappa shape index (κ3) is 3.16. The number of allylic oxidation sites excluding steroid dienone is 1. The maximum Gasteiger partial charge on any atom is 0.267 e. The number of benzene rings is 2. The maximum atomic E-state index is 11.3. The second-order valence-electron chi connectivity index (χ2n) is 4.22. The van der Waals surface area contributed by atoms with Gasteiger partial charge in [-0.15, -0.1) is 0 Å². The Balaban J connectivity index is 2.21. The maximum absolute atomic E-state index is 11.3. The molecule has 0 saturated heterocycles. The Morgan fingerprint density at radius 1 is 1.25 bits per heavy atom. The molecular formula is C16H17NO3. The van der Waals surface area contributed by atoms with Crippen LogP contribution in [-0.2, 0) is 16.2 Å². The standard InChI is InChI=1S/C16H17NO3/c1-3-6-16(18)17-20-11-14-13-8-5-4-7-12(13)9-10-15(14)19-2/h3-10H,11H2,1-2H3,(H,17,18)/b6-3+. The van der Waals surface area contributed by atoms with Crippen molar-refractivity contribution in [2.45, 2.75) is 13.5 Å². The lowest BCUT2D eigenvalue weighted by Crippen LogP contribution is -2.21. The third-order valence-electron chi connectivity index (χ3n) is 2.92. The monoisotopic (exact) mass is 271 g/mol. The molecule has 0 fully saturated rings. The Morgan fingerprint density at radius 2 is 2.05 bits per heavy atom. The number of rotatable bonds is 5. The van der Waals surface area contributed by atoms with Crippen LogP contribution in [0.5, 0.6) is 5.75 Å². The van der Waals surface area contributed by atoms with Gasteiger partial charge in [0.15, 0.2) is 0 Å². The second-order valence-corrected chi connectivity index (χ2v) is 4.22. The normalized spacial score (nSPS) is 10.9. The van der Waals surface area contributed by atoms with E-state index in [4.69, 9.17) is 9.57 Å². The molecule has 0 heterocycles. The van der Waals surface area contributed by atoms with Crippen molar-refractivity contribution in [2.24, 2.45) is 0 Å². The highest BCUT2D eigenvalue weighted by atomic mass is 16.7. The molecule has 4 nitrogen and oxygen atoms in total. The molecule has 0 saturated carbocycles. The fraction of sp³-hybridized carbons (Fsp3) is 0.188. The van der Waals surface area contributed by atoms with Gasteiger partial charge in [-0.2, -0.15) is 0 Å². The molecule has 4 heteroatoms. The first-order chi connectivity index (χ1) is 9.76. The minimum atomic E-state index is -0.285. The molecule has 0 radical (unpaired) electrons. The Bertz CT molecular complexity index is 635. The van der Waals surface area contributed by atoms with Crippen molar-refractivity contribution in [1.29, 1.82) is 0 Å². The summed E-state index contributed by atoms with van der Waals surface area (Å²) in [5.74, 6) is 0.454. The van der Waals surface area contributed by atoms with Crippen LogP contribution in [0, 0.1) is 0 Å². The lowest BCUT2D eigenvalue weighted by atomic mass is 10.0. The number of ether oxygens (including phenoxy) is 1. The summed E-state index contributed by atoms with van der Waals surface area (Å²) in [4.78, 5) is 16.6. The minimum absolute atomic E-state index is 0.244. The first-order valence-electron chi connectivity index (χ1n) is 6.35. The SMILES string of the molecule is C/C=C/C(=O)NOCc1c(OC)ccc2ccccc12. The first-order valence-corrected chi connectivity index (χ1v) is 6.35. The van der Waals surface area contributed by atoms with Crippen LogP contribution in [0.25, 0.3) is 10.8 Å². The molecule has 1 N–H and O–H groups in total. The van der Waals surface area contributed by atoms with Crippen molar-refractivity contribution in [3.63, 3.8) is 0 Å². The van der Waals surface area contributed by atoms with Crippen molar-refractivity contribution in [2.75, 3.05) is 7.11 Å². The Labute approximate surface area is 118 Å². The van der Waals surface area contributed by atoms with E-state index in [1.54, 1.807) is 20.1 Å². The molecule has 0 unspecified atom stereocenters. The van der Waals surface area contributed by atoms with Gasteiger partial charge in [-0.05, 0) is 23.8 Å². The average molecular weight is 271 g/mol. The minimum Gasteiger partial charge on any atom is -0.496 e. The van der Waals surface area contributed by atoms with Crippen molar-refractivity contribution < 1.29 is 14.4 Å². The Kier molecular flexibility index (Phi) is 4.74. The van der Waals surface area contributed by atoms with Gasteiger partial charge in [-0.1, -0.05) is 36.4 Å². The van der Waals surface area contributed by atoms with Crippen LogP contribution in [0.3, 0.4) is 0 Å². The zero-order chi connectivity index (χ0) is 14.4. The number of nitrogens with one attached hydrogen (secondary N) is 1. The van der Waals surface area contributed by atoms with E-state index >= 15 is 0 Å². The van der Waals surface area contributed by atoms with Gasteiger partial charge < -0.3 is 4.74 Å². The lowest BCUT2D eigenvalue weighted by molar-refractivity contribution is -0.129. The van der Waals surface area contributed by atoms with Gasteiger partial charge in [0.25, 0.3) is 5.91 Å². The van der Waals surface area contributed by atoms with E-state index < -0.39 is 0 Å². The van der Waals surface area contributed by atoms with Gasteiger partial charge in [0.05, 0.1) is 7.11 Å². The van der Waals surface area contributed by atoms with Crippen LogP contribution >= 0.6 is 0 Å². The van der Waals surface area contributed by atoms with Crippen molar-refractivity contribution in [3.05, 3.63) is 54.1 Å². The van der Waals surface area contributed by atoms with E-state index in [9.17, 15) is 4.79 Å². The molecule has 20 heavy (non-hydrogen) atoms. The van der Waals surface area contributed by atoms with Crippen LogP contribution in [0.1, 0.15) is 12.5 Å². The second kappa shape index (κ2) is 6.73. The number of amides is 1. The summed E-state index contributed by atoms with van der Waals surface area (Å²) in [6.07, 6.45) is 3.05. The zero-order valence-electron chi connectivity index (χ0n) is 11.6. The van der Waals surface area contributed by atoms with Crippen LogP contribution in [0.4, 0.5) is 0 Å². The highest BCUT2D eigenvalue weighted by Crippen LogP contribution is 2.28. The van der Waals surface area contributed by atoms with E-state index in [1.807, 2.05) is 36.4 Å². The Hall–Kier alpha value is -2.33. The Morgan fingerprint density at radius 3 is 2.80 bits per heavy atom. The molecule has 2 aromatic rings. The number of hydrogen-bond donors (Lipinski definition) is 1. The number of carbonyl (C=O) groups is 1. The lowest BCUT2D eigenvalue weighted by Gasteiger charge is -2.12. The summed E-state index contributed by atoms with van der Waals surface area (Å²) >= 11 is 0. The molecule has 2 rings (SSSR count). The highest BCUT2D eigenvalue weighted by Gasteiger charge is 2.08. The van der Waals surface area contributed by atoms with Crippen molar-refractivity contribution in [3.8, 4) is 5.75 Å². The van der Waals surface area contributed by atoms with E-state index in [0.29, 0.717) is 0 Å². The smallest absolute Gasteiger partial charge is 0.267 e. The van der Waals surface area contributed by atoms with Gasteiger partial charge in [0, 0.05) is 11.6 Å². The zero-order valence-corrected chi connectivity index (χ0v) is 11.6. The van der Waals surface area contributed by atoms with Crippen LogP contribution in [-0.4, -0.2) is 13.0 Å². The molecule has 0 atom stereocenters. The molecule has 0 aromatic heterocycles. The van der Waals surface area contributed by atoms with Gasteiger partial charge in [0.2, 0.25) is 0 Å². The average Bonchev–Trinajstić information content (AvgIpc) is 2.47. The largest absolute Gasteiger partial charge is 0.496 e. The fourth-order valence-corrected chi connectivity index (χ4v) is 2.02. The third-order valence-corrected chi connectivity index (χ3v) is 2.92. The molecule has 0 bridgehead atoms. The van der Waals surface area contributed by atoms with Crippen LogP contribution < -0.4 is 10.2 Å². The van der Waals surface area contributed by atoms with Crippen LogP contribution in [0.2, 0.25) is 0 Å². The molecule has 0 aliphatic heterocycles. The summed E-state index contributed by atoms with van der Waals surface area (Å²) in [5.41, 5.74) is 3.28. The molecule has 0 aliphatic carbocycles. The van der Waals surface area contributed by atoms with Crippen molar-refractivity contribution in [1.82, 2.24) is 5.48 Å². The van der Waals surface area contributed by atoms with Gasteiger partial charge in [0.1, 0.15) is 12.4 Å². The highest BCUT2D eigenvalue weighted by molar-refractivity contribution is 5.88. The summed E-state index contributed by atoms with van der Waals surface area (Å²) in [7, 11) is 1.62. The number of carbonyl (C=O) groups excluding carboxylic acids is 1. The van der Waals surface area contributed by atoms with E-state index in [1.165, 1.54) is 6.08 Å². The number of hydrogen-bond acceptors (Lipinski definition) is 3.